The molecule has 0 aliphatic carbocycles. The Bertz CT molecular complexity index is 361. The number of rotatable bonds is 3. The van der Waals surface area contributed by atoms with E-state index in [-0.39, 0.29) is 12.6 Å². The number of carbonyl (C=O) groups is 1. The van der Waals surface area contributed by atoms with E-state index in [4.69, 9.17) is 5.11 Å². The minimum Gasteiger partial charge on any atom is -0.465 e. The summed E-state index contributed by atoms with van der Waals surface area (Å²) in [4.78, 5) is 13.2. The van der Waals surface area contributed by atoms with E-state index < -0.39 is 0 Å². The van der Waals surface area contributed by atoms with Crippen LogP contribution in [0.25, 0.3) is 0 Å². The fourth-order valence-electron chi connectivity index (χ4n) is 1.33. The van der Waals surface area contributed by atoms with E-state index in [1.54, 1.807) is 18.2 Å². The highest BCUT2D eigenvalue weighted by Crippen LogP contribution is 2.21. The van der Waals surface area contributed by atoms with Crippen molar-refractivity contribution in [3.05, 3.63) is 29.3 Å². The molecule has 0 bridgehead atoms. The molecule has 0 spiro atoms. The molecule has 0 fully saturated rings. The van der Waals surface area contributed by atoms with E-state index in [1.165, 1.54) is 7.11 Å². The molecule has 1 aromatic rings. The summed E-state index contributed by atoms with van der Waals surface area (Å²) >= 11 is 0. The molecule has 0 saturated carbocycles. The molecule has 1 aromatic carbocycles. The van der Waals surface area contributed by atoms with Crippen LogP contribution in [0.15, 0.2) is 18.2 Å². The smallest absolute Gasteiger partial charge is 0.339 e. The van der Waals surface area contributed by atoms with Crippen molar-refractivity contribution in [1.82, 2.24) is 0 Å². The molecule has 0 aliphatic rings. The monoisotopic (exact) mass is 209 g/mol. The van der Waals surface area contributed by atoms with Crippen molar-refractivity contribution in [2.75, 3.05) is 26.1 Å². The van der Waals surface area contributed by atoms with E-state index in [0.717, 1.165) is 11.3 Å². The van der Waals surface area contributed by atoms with Gasteiger partial charge in [-0.1, -0.05) is 6.07 Å². The number of carbonyl (C=O) groups excluding carboxylic acids is 1. The van der Waals surface area contributed by atoms with Gasteiger partial charge in [0.25, 0.3) is 0 Å². The standard InChI is InChI=1S/C11H15NO3/c1-12(2)10-6-8(7-13)4-5-9(10)11(14)15-3/h4-6,13H,7H2,1-3H3. The van der Waals surface area contributed by atoms with Crippen molar-refractivity contribution in [1.29, 1.82) is 0 Å². The van der Waals surface area contributed by atoms with Crippen molar-refractivity contribution < 1.29 is 14.6 Å². The number of aliphatic hydroxyl groups excluding tert-OH is 1. The minimum absolute atomic E-state index is 0.0394. The lowest BCUT2D eigenvalue weighted by atomic mass is 10.1. The van der Waals surface area contributed by atoms with Crippen LogP contribution in [-0.4, -0.2) is 32.3 Å². The molecule has 82 valence electrons. The molecule has 0 atom stereocenters. The van der Waals surface area contributed by atoms with Crippen LogP contribution in [0, 0.1) is 0 Å². The molecule has 0 heterocycles. The van der Waals surface area contributed by atoms with Gasteiger partial charge in [-0.25, -0.2) is 4.79 Å². The Morgan fingerprint density at radius 2 is 2.13 bits per heavy atom. The summed E-state index contributed by atoms with van der Waals surface area (Å²) in [5, 5.41) is 9.00. The summed E-state index contributed by atoms with van der Waals surface area (Å²) in [6, 6.07) is 5.14. The number of methoxy groups -OCH3 is 1. The lowest BCUT2D eigenvalue weighted by Gasteiger charge is -2.17. The summed E-state index contributed by atoms with van der Waals surface area (Å²) < 4.78 is 4.67. The Balaban J connectivity index is 3.21. The molecule has 0 radical (unpaired) electrons. The Morgan fingerprint density at radius 3 is 2.60 bits per heavy atom. The number of ether oxygens (including phenoxy) is 1. The SMILES string of the molecule is COC(=O)c1ccc(CO)cc1N(C)C. The van der Waals surface area contributed by atoms with Crippen molar-refractivity contribution in [2.45, 2.75) is 6.61 Å². The maximum atomic E-state index is 11.4. The number of anilines is 1. The lowest BCUT2D eigenvalue weighted by Crippen LogP contribution is -2.15. The molecule has 1 N–H and O–H groups in total. The Kier molecular flexibility index (Phi) is 3.68. The summed E-state index contributed by atoms with van der Waals surface area (Å²) in [6.45, 7) is -0.0394. The number of nitrogens with zero attached hydrogens (tertiary/aromatic N) is 1. The highest BCUT2D eigenvalue weighted by Gasteiger charge is 2.13. The molecule has 0 unspecified atom stereocenters. The zero-order valence-electron chi connectivity index (χ0n) is 9.15. The van der Waals surface area contributed by atoms with Gasteiger partial charge in [0.2, 0.25) is 0 Å². The molecular formula is C11H15NO3. The van der Waals surface area contributed by atoms with Gasteiger partial charge in [0.05, 0.1) is 25.0 Å². The van der Waals surface area contributed by atoms with Gasteiger partial charge in [0, 0.05) is 14.1 Å². The van der Waals surface area contributed by atoms with Gasteiger partial charge in [-0.15, -0.1) is 0 Å². The quantitative estimate of drug-likeness (QED) is 0.755. The van der Waals surface area contributed by atoms with Crippen LogP contribution in [0.5, 0.6) is 0 Å². The fraction of sp³-hybridized carbons (Fsp3) is 0.364. The van der Waals surface area contributed by atoms with E-state index in [9.17, 15) is 4.79 Å². The van der Waals surface area contributed by atoms with Gasteiger partial charge in [-0.2, -0.15) is 0 Å². The number of aliphatic hydroxyl groups is 1. The Labute approximate surface area is 89.1 Å². The normalized spacial score (nSPS) is 9.87. The summed E-state index contributed by atoms with van der Waals surface area (Å²) in [5.74, 6) is -0.372. The summed E-state index contributed by atoms with van der Waals surface area (Å²) in [5.41, 5.74) is 2.01. The highest BCUT2D eigenvalue weighted by molar-refractivity contribution is 5.95. The average molecular weight is 209 g/mol. The van der Waals surface area contributed by atoms with E-state index in [2.05, 4.69) is 4.74 Å². The van der Waals surface area contributed by atoms with Crippen molar-refractivity contribution in [3.63, 3.8) is 0 Å². The number of benzene rings is 1. The van der Waals surface area contributed by atoms with Crippen LogP contribution >= 0.6 is 0 Å². The zero-order chi connectivity index (χ0) is 11.4. The predicted octanol–water partition coefficient (Wildman–Crippen LogP) is 1.03. The first-order valence-corrected chi connectivity index (χ1v) is 4.59. The van der Waals surface area contributed by atoms with Gasteiger partial charge in [-0.3, -0.25) is 0 Å². The topological polar surface area (TPSA) is 49.8 Å². The lowest BCUT2D eigenvalue weighted by molar-refractivity contribution is 0.0601. The van der Waals surface area contributed by atoms with Crippen LogP contribution in [-0.2, 0) is 11.3 Å². The third-order valence-corrected chi connectivity index (χ3v) is 2.13. The Hall–Kier alpha value is -1.55. The van der Waals surface area contributed by atoms with Crippen LogP contribution in [0.2, 0.25) is 0 Å². The third-order valence-electron chi connectivity index (χ3n) is 2.13. The van der Waals surface area contributed by atoms with Gasteiger partial charge in [-0.05, 0) is 17.7 Å². The molecule has 4 nitrogen and oxygen atoms in total. The van der Waals surface area contributed by atoms with E-state index in [0.29, 0.717) is 5.56 Å². The predicted molar refractivity (Wildman–Crippen MR) is 58.0 cm³/mol. The second kappa shape index (κ2) is 4.79. The van der Waals surface area contributed by atoms with Crippen molar-refractivity contribution >= 4 is 11.7 Å². The number of hydrogen-bond donors (Lipinski definition) is 1. The van der Waals surface area contributed by atoms with E-state index in [1.807, 2.05) is 19.0 Å². The van der Waals surface area contributed by atoms with Gasteiger partial charge >= 0.3 is 5.97 Å². The van der Waals surface area contributed by atoms with Crippen molar-refractivity contribution in [3.8, 4) is 0 Å². The third kappa shape index (κ3) is 2.47. The van der Waals surface area contributed by atoms with Gasteiger partial charge in [0.1, 0.15) is 0 Å². The summed E-state index contributed by atoms with van der Waals surface area (Å²) in [7, 11) is 5.02. The number of hydrogen-bond acceptors (Lipinski definition) is 4. The maximum absolute atomic E-state index is 11.4. The second-order valence-corrected chi connectivity index (χ2v) is 3.40. The van der Waals surface area contributed by atoms with Crippen LogP contribution in [0.3, 0.4) is 0 Å². The maximum Gasteiger partial charge on any atom is 0.339 e. The molecule has 0 aliphatic heterocycles. The summed E-state index contributed by atoms with van der Waals surface area (Å²) in [6.07, 6.45) is 0. The minimum atomic E-state index is -0.372. The molecular weight excluding hydrogens is 194 g/mol. The first-order valence-electron chi connectivity index (χ1n) is 4.59. The molecule has 0 amide bonds. The molecule has 0 saturated heterocycles. The second-order valence-electron chi connectivity index (χ2n) is 3.40. The van der Waals surface area contributed by atoms with Crippen molar-refractivity contribution in [2.24, 2.45) is 0 Å². The molecule has 1 rings (SSSR count). The molecule has 4 heteroatoms. The molecule has 15 heavy (non-hydrogen) atoms. The van der Waals surface area contributed by atoms with Crippen LogP contribution in [0.1, 0.15) is 15.9 Å². The zero-order valence-corrected chi connectivity index (χ0v) is 9.15. The first kappa shape index (κ1) is 11.5. The van der Waals surface area contributed by atoms with E-state index >= 15 is 0 Å². The highest BCUT2D eigenvalue weighted by atomic mass is 16.5. The van der Waals surface area contributed by atoms with Gasteiger partial charge < -0.3 is 14.7 Å². The fourth-order valence-corrected chi connectivity index (χ4v) is 1.33. The first-order chi connectivity index (χ1) is 7.10. The average Bonchev–Trinajstić information content (AvgIpc) is 2.27. The largest absolute Gasteiger partial charge is 0.465 e. The molecule has 0 aromatic heterocycles. The Morgan fingerprint density at radius 1 is 1.47 bits per heavy atom. The van der Waals surface area contributed by atoms with Crippen LogP contribution < -0.4 is 4.90 Å². The van der Waals surface area contributed by atoms with Gasteiger partial charge in [0.15, 0.2) is 0 Å². The van der Waals surface area contributed by atoms with Crippen LogP contribution in [0.4, 0.5) is 5.69 Å². The number of esters is 1.